The summed E-state index contributed by atoms with van der Waals surface area (Å²) in [6.45, 7) is 7.24. The Balaban J connectivity index is 2.05. The second-order valence-electron chi connectivity index (χ2n) is 8.45. The van der Waals surface area contributed by atoms with Crippen LogP contribution < -0.4 is 9.47 Å². The Morgan fingerprint density at radius 1 is 1.06 bits per heavy atom. The van der Waals surface area contributed by atoms with E-state index in [9.17, 15) is 14.7 Å². The lowest BCUT2D eigenvalue weighted by atomic mass is 9.95. The zero-order valence-corrected chi connectivity index (χ0v) is 20.2. The number of rotatable bonds is 11. The molecule has 7 nitrogen and oxygen atoms in total. The number of benzene rings is 2. The minimum absolute atomic E-state index is 0.0308. The molecule has 1 atom stereocenters. The maximum atomic E-state index is 13.1. The summed E-state index contributed by atoms with van der Waals surface area (Å²) >= 11 is 0. The molecule has 1 amide bonds. The highest BCUT2D eigenvalue weighted by Crippen LogP contribution is 2.40. The number of ketones is 1. The third kappa shape index (κ3) is 5.78. The van der Waals surface area contributed by atoms with Crippen molar-refractivity contribution in [2.24, 2.45) is 0 Å². The minimum Gasteiger partial charge on any atom is -0.507 e. The van der Waals surface area contributed by atoms with Gasteiger partial charge in [0.1, 0.15) is 17.3 Å². The Labute approximate surface area is 200 Å². The lowest BCUT2D eigenvalue weighted by Gasteiger charge is -2.26. The molecule has 2 aromatic rings. The summed E-state index contributed by atoms with van der Waals surface area (Å²) in [4.78, 5) is 27.6. The first-order valence-corrected chi connectivity index (χ1v) is 11.6. The van der Waals surface area contributed by atoms with Crippen LogP contribution in [0.2, 0.25) is 0 Å². The maximum Gasteiger partial charge on any atom is 0.295 e. The van der Waals surface area contributed by atoms with Crippen molar-refractivity contribution in [3.63, 3.8) is 0 Å². The summed E-state index contributed by atoms with van der Waals surface area (Å²) in [5.41, 5.74) is 1.20. The molecule has 34 heavy (non-hydrogen) atoms. The van der Waals surface area contributed by atoms with E-state index >= 15 is 0 Å². The van der Waals surface area contributed by atoms with E-state index in [0.29, 0.717) is 48.8 Å². The molecule has 3 rings (SSSR count). The van der Waals surface area contributed by atoms with Crippen LogP contribution in [0.15, 0.2) is 54.1 Å². The van der Waals surface area contributed by atoms with Crippen LogP contribution in [0, 0.1) is 0 Å². The average Bonchev–Trinajstić information content (AvgIpc) is 3.07. The normalized spacial score (nSPS) is 17.4. The topological polar surface area (TPSA) is 85.3 Å². The monoisotopic (exact) mass is 467 g/mol. The van der Waals surface area contributed by atoms with Crippen LogP contribution in [0.4, 0.5) is 0 Å². The van der Waals surface area contributed by atoms with Gasteiger partial charge in [-0.3, -0.25) is 9.59 Å². The van der Waals surface area contributed by atoms with Crippen molar-refractivity contribution < 1.29 is 28.9 Å². The Morgan fingerprint density at radius 3 is 2.44 bits per heavy atom. The van der Waals surface area contributed by atoms with Gasteiger partial charge in [0.15, 0.2) is 0 Å². The third-order valence-electron chi connectivity index (χ3n) is 5.43. The van der Waals surface area contributed by atoms with Crippen molar-refractivity contribution in [2.75, 3.05) is 26.9 Å². The fourth-order valence-electron chi connectivity index (χ4n) is 3.95. The maximum absolute atomic E-state index is 13.1. The van der Waals surface area contributed by atoms with Crippen LogP contribution in [-0.2, 0) is 14.3 Å². The molecule has 1 saturated heterocycles. The van der Waals surface area contributed by atoms with Gasteiger partial charge in [-0.25, -0.2) is 0 Å². The van der Waals surface area contributed by atoms with Crippen LogP contribution in [0.1, 0.15) is 50.8 Å². The molecule has 0 radical (unpaired) electrons. The first kappa shape index (κ1) is 25.3. The Kier molecular flexibility index (Phi) is 8.71. The molecule has 182 valence electrons. The van der Waals surface area contributed by atoms with Crippen molar-refractivity contribution in [2.45, 2.75) is 45.8 Å². The van der Waals surface area contributed by atoms with Crippen LogP contribution in [0.25, 0.3) is 5.76 Å². The van der Waals surface area contributed by atoms with E-state index in [2.05, 4.69) is 0 Å². The van der Waals surface area contributed by atoms with Gasteiger partial charge in [-0.1, -0.05) is 19.1 Å². The number of Topliss-reactive ketones (excluding diaryl/α,β-unsaturated/α-hetero) is 1. The Hall–Kier alpha value is -3.32. The largest absolute Gasteiger partial charge is 0.507 e. The predicted octanol–water partition coefficient (Wildman–Crippen LogP) is 4.72. The fraction of sp³-hybridized carbons (Fsp3) is 0.407. The van der Waals surface area contributed by atoms with E-state index in [1.807, 2.05) is 45.0 Å². The molecule has 0 saturated carbocycles. The van der Waals surface area contributed by atoms with Gasteiger partial charge in [-0.15, -0.1) is 0 Å². The first-order valence-electron chi connectivity index (χ1n) is 11.6. The van der Waals surface area contributed by atoms with Crippen molar-refractivity contribution in [3.8, 4) is 11.5 Å². The average molecular weight is 468 g/mol. The van der Waals surface area contributed by atoms with Crippen LogP contribution in [-0.4, -0.2) is 54.7 Å². The second-order valence-corrected chi connectivity index (χ2v) is 8.45. The van der Waals surface area contributed by atoms with E-state index in [-0.39, 0.29) is 17.4 Å². The van der Waals surface area contributed by atoms with Gasteiger partial charge in [-0.2, -0.15) is 0 Å². The van der Waals surface area contributed by atoms with E-state index in [1.54, 1.807) is 31.4 Å². The van der Waals surface area contributed by atoms with Crippen molar-refractivity contribution in [3.05, 3.63) is 65.2 Å². The molecule has 7 heteroatoms. The second kappa shape index (κ2) is 11.7. The van der Waals surface area contributed by atoms with Gasteiger partial charge in [0.2, 0.25) is 0 Å². The Morgan fingerprint density at radius 2 is 1.79 bits per heavy atom. The number of hydrogen-bond donors (Lipinski definition) is 1. The zero-order valence-electron chi connectivity index (χ0n) is 20.2. The highest BCUT2D eigenvalue weighted by atomic mass is 16.5. The first-order chi connectivity index (χ1) is 16.4. The number of ether oxygens (including phenoxy) is 3. The van der Waals surface area contributed by atoms with Crippen LogP contribution in [0.5, 0.6) is 11.5 Å². The molecule has 1 N–H and O–H groups in total. The van der Waals surface area contributed by atoms with Crippen LogP contribution in [0.3, 0.4) is 0 Å². The SMILES string of the molecule is CCCOc1ccc(/C(O)=C2/C(=O)C(=O)N(CCCOC)C2c2cccc(OC(C)C)c2)cc1. The fourth-order valence-corrected chi connectivity index (χ4v) is 3.95. The molecule has 2 aromatic carbocycles. The third-order valence-corrected chi connectivity index (χ3v) is 5.43. The van der Waals surface area contributed by atoms with Crippen molar-refractivity contribution in [1.29, 1.82) is 0 Å². The molecule has 1 aliphatic rings. The number of methoxy groups -OCH3 is 1. The number of nitrogens with zero attached hydrogens (tertiary/aromatic N) is 1. The van der Waals surface area contributed by atoms with Gasteiger partial charge in [0, 0.05) is 25.8 Å². The minimum atomic E-state index is -0.733. The zero-order chi connectivity index (χ0) is 24.7. The summed E-state index contributed by atoms with van der Waals surface area (Å²) in [6.07, 6.45) is 1.41. The summed E-state index contributed by atoms with van der Waals surface area (Å²) < 4.78 is 16.6. The van der Waals surface area contributed by atoms with Gasteiger partial charge < -0.3 is 24.2 Å². The van der Waals surface area contributed by atoms with Gasteiger partial charge in [-0.05, 0) is 68.7 Å². The number of amides is 1. The lowest BCUT2D eigenvalue weighted by Crippen LogP contribution is -2.31. The number of likely N-dealkylation sites (tertiary alicyclic amines) is 1. The molecular formula is C27H33NO6. The lowest BCUT2D eigenvalue weighted by molar-refractivity contribution is -0.140. The quantitative estimate of drug-likeness (QED) is 0.223. The number of carbonyl (C=O) groups excluding carboxylic acids is 2. The molecule has 0 aliphatic carbocycles. The van der Waals surface area contributed by atoms with E-state index in [1.165, 1.54) is 4.90 Å². The van der Waals surface area contributed by atoms with Gasteiger partial charge in [0.25, 0.3) is 11.7 Å². The molecule has 0 spiro atoms. The molecular weight excluding hydrogens is 434 g/mol. The summed E-state index contributed by atoms with van der Waals surface area (Å²) in [5, 5.41) is 11.2. The molecule has 0 bridgehead atoms. The Bertz CT molecular complexity index is 1030. The molecule has 0 aromatic heterocycles. The highest BCUT2D eigenvalue weighted by molar-refractivity contribution is 6.46. The van der Waals surface area contributed by atoms with Gasteiger partial charge >= 0.3 is 0 Å². The number of carbonyl (C=O) groups is 2. The molecule has 1 heterocycles. The summed E-state index contributed by atoms with van der Waals surface area (Å²) in [5.74, 6) is -0.252. The molecule has 1 unspecified atom stereocenters. The standard InChI is InChI=1S/C27H33NO6/c1-5-15-33-21-12-10-19(11-13-21)25(29)23-24(20-8-6-9-22(17-20)34-18(2)3)28(14-7-16-32-4)27(31)26(23)30/h6,8-13,17-18,24,29H,5,7,14-16H2,1-4H3/b25-23-. The predicted molar refractivity (Wildman–Crippen MR) is 130 cm³/mol. The van der Waals surface area contributed by atoms with E-state index in [4.69, 9.17) is 14.2 Å². The van der Waals surface area contributed by atoms with E-state index in [0.717, 1.165) is 6.42 Å². The van der Waals surface area contributed by atoms with Crippen molar-refractivity contribution >= 4 is 17.4 Å². The summed E-state index contributed by atoms with van der Waals surface area (Å²) in [6, 6.07) is 13.4. The molecule has 1 fully saturated rings. The number of aliphatic hydroxyl groups is 1. The number of aliphatic hydroxyl groups excluding tert-OH is 1. The molecule has 1 aliphatic heterocycles. The van der Waals surface area contributed by atoms with Crippen LogP contribution >= 0.6 is 0 Å². The van der Waals surface area contributed by atoms with Gasteiger partial charge in [0.05, 0.1) is 24.3 Å². The highest BCUT2D eigenvalue weighted by Gasteiger charge is 2.45. The van der Waals surface area contributed by atoms with Crippen molar-refractivity contribution in [1.82, 2.24) is 4.90 Å². The summed E-state index contributed by atoms with van der Waals surface area (Å²) in [7, 11) is 1.59. The smallest absolute Gasteiger partial charge is 0.295 e. The van der Waals surface area contributed by atoms with E-state index < -0.39 is 17.7 Å². The number of hydrogen-bond acceptors (Lipinski definition) is 6.